The van der Waals surface area contributed by atoms with Crippen LogP contribution < -0.4 is 5.32 Å². The number of amides is 1. The lowest BCUT2D eigenvalue weighted by Crippen LogP contribution is -2.11. The maximum Gasteiger partial charge on any atom is 0.311 e. The lowest BCUT2D eigenvalue weighted by Gasteiger charge is -1.99. The summed E-state index contributed by atoms with van der Waals surface area (Å²) in [4.78, 5) is 27.3. The van der Waals surface area contributed by atoms with Crippen LogP contribution in [0.1, 0.15) is 23.0 Å². The molecule has 2 aromatic heterocycles. The Labute approximate surface area is 119 Å². The number of anilines is 1. The fourth-order valence-corrected chi connectivity index (χ4v) is 2.22. The Morgan fingerprint density at radius 2 is 2.30 bits per heavy atom. The SMILES string of the molecule is CCOC(=O)Cc1csc(NC(=O)c2cnn(C)c2)n1. The van der Waals surface area contributed by atoms with Crippen LogP contribution in [0.25, 0.3) is 0 Å². The largest absolute Gasteiger partial charge is 0.466 e. The van der Waals surface area contributed by atoms with Gasteiger partial charge in [-0.25, -0.2) is 4.98 Å². The van der Waals surface area contributed by atoms with Gasteiger partial charge in [-0.3, -0.25) is 19.6 Å². The fraction of sp³-hybridized carbons (Fsp3) is 0.333. The molecule has 20 heavy (non-hydrogen) atoms. The van der Waals surface area contributed by atoms with Gasteiger partial charge in [-0.15, -0.1) is 11.3 Å². The van der Waals surface area contributed by atoms with E-state index in [0.29, 0.717) is 23.0 Å². The average Bonchev–Trinajstić information content (AvgIpc) is 2.99. The van der Waals surface area contributed by atoms with E-state index >= 15 is 0 Å². The van der Waals surface area contributed by atoms with Gasteiger partial charge in [-0.1, -0.05) is 0 Å². The van der Waals surface area contributed by atoms with Crippen LogP contribution in [0.2, 0.25) is 0 Å². The zero-order chi connectivity index (χ0) is 14.5. The molecule has 0 unspecified atom stereocenters. The van der Waals surface area contributed by atoms with E-state index in [4.69, 9.17) is 4.74 Å². The molecule has 2 rings (SSSR count). The molecule has 2 heterocycles. The minimum atomic E-state index is -0.331. The van der Waals surface area contributed by atoms with Crippen LogP contribution in [-0.2, 0) is 23.0 Å². The number of hydrogen-bond donors (Lipinski definition) is 1. The van der Waals surface area contributed by atoms with Gasteiger partial charge >= 0.3 is 5.97 Å². The van der Waals surface area contributed by atoms with Crippen molar-refractivity contribution in [3.63, 3.8) is 0 Å². The van der Waals surface area contributed by atoms with Crippen LogP contribution in [0.4, 0.5) is 5.13 Å². The first-order chi connectivity index (χ1) is 9.58. The second-order valence-electron chi connectivity index (χ2n) is 3.98. The highest BCUT2D eigenvalue weighted by Crippen LogP contribution is 2.17. The molecule has 0 fully saturated rings. The first-order valence-electron chi connectivity index (χ1n) is 5.98. The number of ether oxygens (including phenoxy) is 1. The quantitative estimate of drug-likeness (QED) is 0.838. The molecule has 2 aromatic rings. The summed E-state index contributed by atoms with van der Waals surface area (Å²) in [6.45, 7) is 2.09. The van der Waals surface area contributed by atoms with Crippen molar-refractivity contribution in [1.82, 2.24) is 14.8 Å². The van der Waals surface area contributed by atoms with Gasteiger partial charge in [-0.2, -0.15) is 5.10 Å². The molecule has 0 radical (unpaired) electrons. The van der Waals surface area contributed by atoms with Crippen LogP contribution in [0, 0.1) is 0 Å². The predicted octanol–water partition coefficient (Wildman–Crippen LogP) is 1.23. The van der Waals surface area contributed by atoms with Crippen molar-refractivity contribution < 1.29 is 14.3 Å². The molecule has 0 saturated heterocycles. The molecule has 0 aliphatic heterocycles. The summed E-state index contributed by atoms with van der Waals surface area (Å²) >= 11 is 1.26. The van der Waals surface area contributed by atoms with Gasteiger partial charge in [0, 0.05) is 18.6 Å². The van der Waals surface area contributed by atoms with Crippen molar-refractivity contribution in [2.24, 2.45) is 7.05 Å². The Morgan fingerprint density at radius 3 is 2.95 bits per heavy atom. The standard InChI is InChI=1S/C12H14N4O3S/c1-3-19-10(17)4-9-7-20-12(14-9)15-11(18)8-5-13-16(2)6-8/h5-7H,3-4H2,1-2H3,(H,14,15,18). The van der Waals surface area contributed by atoms with E-state index in [1.165, 1.54) is 17.5 Å². The number of nitrogens with one attached hydrogen (secondary N) is 1. The van der Waals surface area contributed by atoms with E-state index in [1.807, 2.05) is 0 Å². The summed E-state index contributed by atoms with van der Waals surface area (Å²) < 4.78 is 6.38. The minimum Gasteiger partial charge on any atom is -0.466 e. The number of hydrogen-bond acceptors (Lipinski definition) is 6. The molecule has 7 nitrogen and oxygen atoms in total. The number of carbonyl (C=O) groups excluding carboxylic acids is 2. The molecule has 0 bridgehead atoms. The molecule has 1 amide bonds. The van der Waals surface area contributed by atoms with Gasteiger partial charge in [0.1, 0.15) is 0 Å². The first kappa shape index (κ1) is 14.2. The van der Waals surface area contributed by atoms with E-state index in [-0.39, 0.29) is 18.3 Å². The second-order valence-corrected chi connectivity index (χ2v) is 4.84. The molecule has 1 N–H and O–H groups in total. The van der Waals surface area contributed by atoms with Gasteiger partial charge in [-0.05, 0) is 6.92 Å². The number of aromatic nitrogens is 3. The molecule has 106 valence electrons. The van der Waals surface area contributed by atoms with Crippen molar-refractivity contribution in [3.8, 4) is 0 Å². The fourth-order valence-electron chi connectivity index (χ4n) is 1.51. The van der Waals surface area contributed by atoms with Crippen molar-refractivity contribution in [1.29, 1.82) is 0 Å². The maximum atomic E-state index is 11.9. The molecule has 8 heteroatoms. The van der Waals surface area contributed by atoms with E-state index < -0.39 is 0 Å². The van der Waals surface area contributed by atoms with E-state index in [1.54, 1.807) is 30.2 Å². The summed E-state index contributed by atoms with van der Waals surface area (Å²) in [5.41, 5.74) is 1.03. The molecular weight excluding hydrogens is 280 g/mol. The Morgan fingerprint density at radius 1 is 1.50 bits per heavy atom. The zero-order valence-electron chi connectivity index (χ0n) is 11.1. The minimum absolute atomic E-state index is 0.104. The van der Waals surface area contributed by atoms with Crippen LogP contribution in [0.15, 0.2) is 17.8 Å². The van der Waals surface area contributed by atoms with E-state index in [9.17, 15) is 9.59 Å². The second kappa shape index (κ2) is 6.29. The van der Waals surface area contributed by atoms with E-state index in [2.05, 4.69) is 15.4 Å². The van der Waals surface area contributed by atoms with Gasteiger partial charge in [0.05, 0.1) is 30.5 Å². The average molecular weight is 294 g/mol. The highest BCUT2D eigenvalue weighted by atomic mass is 32.1. The Hall–Kier alpha value is -2.22. The number of rotatable bonds is 5. The molecule has 0 aliphatic rings. The Bertz CT molecular complexity index is 620. The summed E-state index contributed by atoms with van der Waals surface area (Å²) in [7, 11) is 1.73. The highest BCUT2D eigenvalue weighted by molar-refractivity contribution is 7.14. The van der Waals surface area contributed by atoms with Crippen LogP contribution in [-0.4, -0.2) is 33.2 Å². The molecule has 0 aromatic carbocycles. The summed E-state index contributed by atoms with van der Waals surface area (Å²) in [5.74, 6) is -0.613. The Balaban J connectivity index is 1.95. The van der Waals surface area contributed by atoms with E-state index in [0.717, 1.165) is 0 Å². The van der Waals surface area contributed by atoms with Gasteiger partial charge in [0.2, 0.25) is 0 Å². The summed E-state index contributed by atoms with van der Waals surface area (Å²) in [5, 5.41) is 8.74. The normalized spacial score (nSPS) is 10.3. The van der Waals surface area contributed by atoms with Crippen LogP contribution in [0.5, 0.6) is 0 Å². The number of esters is 1. The molecule has 0 spiro atoms. The number of carbonyl (C=O) groups is 2. The number of nitrogens with zero attached hydrogens (tertiary/aromatic N) is 3. The number of aryl methyl sites for hydroxylation is 1. The predicted molar refractivity (Wildman–Crippen MR) is 73.6 cm³/mol. The van der Waals surface area contributed by atoms with Crippen molar-refractivity contribution in [3.05, 3.63) is 29.0 Å². The first-order valence-corrected chi connectivity index (χ1v) is 6.86. The van der Waals surface area contributed by atoms with Gasteiger partial charge in [0.15, 0.2) is 5.13 Å². The highest BCUT2D eigenvalue weighted by Gasteiger charge is 2.12. The summed E-state index contributed by atoms with van der Waals surface area (Å²) in [6.07, 6.45) is 3.19. The smallest absolute Gasteiger partial charge is 0.311 e. The van der Waals surface area contributed by atoms with Crippen LogP contribution in [0.3, 0.4) is 0 Å². The monoisotopic (exact) mass is 294 g/mol. The molecule has 0 aliphatic carbocycles. The summed E-state index contributed by atoms with van der Waals surface area (Å²) in [6, 6.07) is 0. The number of thiazole rings is 1. The van der Waals surface area contributed by atoms with Gasteiger partial charge in [0.25, 0.3) is 5.91 Å². The topological polar surface area (TPSA) is 86.1 Å². The molecule has 0 saturated carbocycles. The van der Waals surface area contributed by atoms with Crippen molar-refractivity contribution >= 4 is 28.3 Å². The lowest BCUT2D eigenvalue weighted by atomic mass is 10.3. The third-order valence-electron chi connectivity index (χ3n) is 2.37. The van der Waals surface area contributed by atoms with Gasteiger partial charge < -0.3 is 4.74 Å². The lowest BCUT2D eigenvalue weighted by molar-refractivity contribution is -0.142. The molecule has 0 atom stereocenters. The Kier molecular flexibility index (Phi) is 4.46. The molecular formula is C12H14N4O3S. The van der Waals surface area contributed by atoms with Crippen molar-refractivity contribution in [2.75, 3.05) is 11.9 Å². The zero-order valence-corrected chi connectivity index (χ0v) is 11.9. The van der Waals surface area contributed by atoms with Crippen molar-refractivity contribution in [2.45, 2.75) is 13.3 Å². The third-order valence-corrected chi connectivity index (χ3v) is 3.18. The maximum absolute atomic E-state index is 11.9. The third kappa shape index (κ3) is 3.64. The van der Waals surface area contributed by atoms with Crippen LogP contribution >= 0.6 is 11.3 Å².